The Morgan fingerprint density at radius 2 is 1.74 bits per heavy atom. The van der Waals surface area contributed by atoms with Crippen molar-refractivity contribution < 1.29 is 23.4 Å². The summed E-state index contributed by atoms with van der Waals surface area (Å²) in [7, 11) is 3.15. The molecule has 0 radical (unpaired) electrons. The van der Waals surface area contributed by atoms with Gasteiger partial charge in [-0.3, -0.25) is 9.59 Å². The fraction of sp³-hybridized carbons (Fsp3) is 0.185. The number of amides is 1. The Kier molecular flexibility index (Phi) is 7.57. The standard InChI is InChI=1S/C27H24ClNO6/c1-32-22-10-8-17(14-23(22)33-2)12-13-29-24(30)16-34-27-25(31)20-15-19(28)9-11-21(20)35-26(27)18-6-4-3-5-7-18/h3-11,14-15H,12-13,16H2,1-2H3,(H,29,30). The number of halogens is 1. The maximum Gasteiger partial charge on any atom is 0.257 e. The number of benzene rings is 3. The van der Waals surface area contributed by atoms with Crippen LogP contribution < -0.4 is 25.0 Å². The van der Waals surface area contributed by atoms with Crippen molar-refractivity contribution in [1.29, 1.82) is 0 Å². The molecule has 4 aromatic rings. The lowest BCUT2D eigenvalue weighted by Crippen LogP contribution is -2.31. The van der Waals surface area contributed by atoms with Crippen LogP contribution in [0.1, 0.15) is 5.56 Å². The number of hydrogen-bond acceptors (Lipinski definition) is 6. The number of carbonyl (C=O) groups excluding carboxylic acids is 1. The van der Waals surface area contributed by atoms with Gasteiger partial charge in [-0.1, -0.05) is 48.0 Å². The first kappa shape index (κ1) is 24.2. The first-order valence-electron chi connectivity index (χ1n) is 10.9. The number of ether oxygens (including phenoxy) is 3. The Bertz CT molecular complexity index is 1400. The average Bonchev–Trinajstić information content (AvgIpc) is 2.88. The van der Waals surface area contributed by atoms with Gasteiger partial charge in [0.2, 0.25) is 11.2 Å². The van der Waals surface area contributed by atoms with E-state index in [1.807, 2.05) is 36.4 Å². The van der Waals surface area contributed by atoms with E-state index in [0.29, 0.717) is 40.6 Å². The molecule has 7 nitrogen and oxygen atoms in total. The number of nitrogens with one attached hydrogen (secondary N) is 1. The van der Waals surface area contributed by atoms with Crippen LogP contribution in [0.2, 0.25) is 5.02 Å². The molecule has 0 atom stereocenters. The lowest BCUT2D eigenvalue weighted by Gasteiger charge is -2.12. The van der Waals surface area contributed by atoms with E-state index in [1.54, 1.807) is 38.5 Å². The third-order valence-corrected chi connectivity index (χ3v) is 5.61. The molecular formula is C27H24ClNO6. The van der Waals surface area contributed by atoms with Gasteiger partial charge in [0.15, 0.2) is 23.9 Å². The van der Waals surface area contributed by atoms with Crippen molar-refractivity contribution >= 4 is 28.5 Å². The van der Waals surface area contributed by atoms with Crippen LogP contribution in [0.25, 0.3) is 22.3 Å². The number of rotatable bonds is 9. The minimum atomic E-state index is -0.397. The zero-order valence-electron chi connectivity index (χ0n) is 19.3. The Labute approximate surface area is 207 Å². The van der Waals surface area contributed by atoms with Gasteiger partial charge >= 0.3 is 0 Å². The highest BCUT2D eigenvalue weighted by Gasteiger charge is 2.19. The molecule has 0 spiro atoms. The summed E-state index contributed by atoms with van der Waals surface area (Å²) in [6.07, 6.45) is 0.581. The zero-order chi connectivity index (χ0) is 24.8. The van der Waals surface area contributed by atoms with E-state index in [0.717, 1.165) is 5.56 Å². The Morgan fingerprint density at radius 1 is 0.971 bits per heavy atom. The van der Waals surface area contributed by atoms with Crippen LogP contribution in [-0.4, -0.2) is 33.3 Å². The van der Waals surface area contributed by atoms with Crippen molar-refractivity contribution in [2.24, 2.45) is 0 Å². The first-order valence-corrected chi connectivity index (χ1v) is 11.3. The lowest BCUT2D eigenvalue weighted by molar-refractivity contribution is -0.123. The molecule has 0 unspecified atom stereocenters. The van der Waals surface area contributed by atoms with Crippen LogP contribution in [0, 0.1) is 0 Å². The van der Waals surface area contributed by atoms with E-state index in [-0.39, 0.29) is 29.4 Å². The molecule has 8 heteroatoms. The molecule has 1 N–H and O–H groups in total. The minimum absolute atomic E-state index is 0.0407. The van der Waals surface area contributed by atoms with E-state index >= 15 is 0 Å². The fourth-order valence-electron chi connectivity index (χ4n) is 3.63. The normalized spacial score (nSPS) is 10.7. The molecule has 0 fully saturated rings. The SMILES string of the molecule is COc1ccc(CCNC(=O)COc2c(-c3ccccc3)oc3ccc(Cl)cc3c2=O)cc1OC. The van der Waals surface area contributed by atoms with Crippen molar-refractivity contribution in [3.05, 3.63) is 87.5 Å². The molecule has 4 rings (SSSR count). The Morgan fingerprint density at radius 3 is 2.49 bits per heavy atom. The summed E-state index contributed by atoms with van der Waals surface area (Å²) < 4.78 is 22.2. The number of methoxy groups -OCH3 is 2. The summed E-state index contributed by atoms with van der Waals surface area (Å²) in [6.45, 7) is 0.0355. The van der Waals surface area contributed by atoms with Crippen molar-refractivity contribution in [2.45, 2.75) is 6.42 Å². The van der Waals surface area contributed by atoms with Crippen LogP contribution in [0.3, 0.4) is 0 Å². The van der Waals surface area contributed by atoms with Crippen molar-refractivity contribution in [2.75, 3.05) is 27.4 Å². The fourth-order valence-corrected chi connectivity index (χ4v) is 3.80. The molecule has 180 valence electrons. The summed E-state index contributed by atoms with van der Waals surface area (Å²) in [4.78, 5) is 25.7. The van der Waals surface area contributed by atoms with Gasteiger partial charge in [-0.05, 0) is 42.3 Å². The molecule has 1 amide bonds. The number of hydrogen-bond donors (Lipinski definition) is 1. The minimum Gasteiger partial charge on any atom is -0.493 e. The molecule has 0 saturated carbocycles. The van der Waals surface area contributed by atoms with Crippen molar-refractivity contribution in [3.8, 4) is 28.6 Å². The molecule has 1 aromatic heterocycles. The smallest absolute Gasteiger partial charge is 0.257 e. The van der Waals surface area contributed by atoms with E-state index in [4.69, 9.17) is 30.2 Å². The highest BCUT2D eigenvalue weighted by Crippen LogP contribution is 2.31. The van der Waals surface area contributed by atoms with Crippen LogP contribution >= 0.6 is 11.6 Å². The van der Waals surface area contributed by atoms with Crippen LogP contribution in [0.15, 0.2) is 75.9 Å². The van der Waals surface area contributed by atoms with Gasteiger partial charge in [0.25, 0.3) is 5.91 Å². The van der Waals surface area contributed by atoms with Crippen LogP contribution in [0.5, 0.6) is 17.2 Å². The van der Waals surface area contributed by atoms with Crippen molar-refractivity contribution in [1.82, 2.24) is 5.32 Å². The Balaban J connectivity index is 1.48. The van der Waals surface area contributed by atoms with Crippen LogP contribution in [0.4, 0.5) is 0 Å². The summed E-state index contributed by atoms with van der Waals surface area (Å²) in [5.41, 5.74) is 1.61. The summed E-state index contributed by atoms with van der Waals surface area (Å²) in [5.74, 6) is 1.11. The molecule has 0 aliphatic heterocycles. The maximum absolute atomic E-state index is 13.2. The van der Waals surface area contributed by atoms with Gasteiger partial charge in [0.1, 0.15) is 5.58 Å². The van der Waals surface area contributed by atoms with Gasteiger partial charge in [0.05, 0.1) is 19.6 Å². The third-order valence-electron chi connectivity index (χ3n) is 5.38. The quantitative estimate of drug-likeness (QED) is 0.358. The molecule has 0 saturated heterocycles. The van der Waals surface area contributed by atoms with E-state index < -0.39 is 5.43 Å². The van der Waals surface area contributed by atoms with E-state index in [9.17, 15) is 9.59 Å². The number of fused-ring (bicyclic) bond motifs is 1. The van der Waals surface area contributed by atoms with Gasteiger partial charge in [-0.2, -0.15) is 0 Å². The van der Waals surface area contributed by atoms with Gasteiger partial charge in [-0.15, -0.1) is 0 Å². The molecule has 0 aliphatic rings. The first-order chi connectivity index (χ1) is 17.0. The molecule has 35 heavy (non-hydrogen) atoms. The van der Waals surface area contributed by atoms with Crippen LogP contribution in [-0.2, 0) is 11.2 Å². The summed E-state index contributed by atoms with van der Waals surface area (Å²) >= 11 is 6.07. The molecule has 1 heterocycles. The topological polar surface area (TPSA) is 87.0 Å². The second kappa shape index (κ2) is 11.0. The highest BCUT2D eigenvalue weighted by atomic mass is 35.5. The number of carbonyl (C=O) groups is 1. The lowest BCUT2D eigenvalue weighted by atomic mass is 10.1. The molecule has 3 aromatic carbocycles. The van der Waals surface area contributed by atoms with Gasteiger partial charge in [-0.25, -0.2) is 0 Å². The Hall–Kier alpha value is -3.97. The monoisotopic (exact) mass is 493 g/mol. The largest absolute Gasteiger partial charge is 0.493 e. The third kappa shape index (κ3) is 5.58. The molecule has 0 aliphatic carbocycles. The second-order valence-corrected chi connectivity index (χ2v) is 8.11. The summed E-state index contributed by atoms with van der Waals surface area (Å²) in [5, 5.41) is 3.48. The average molecular weight is 494 g/mol. The maximum atomic E-state index is 13.2. The predicted molar refractivity (Wildman–Crippen MR) is 135 cm³/mol. The molecular weight excluding hydrogens is 470 g/mol. The zero-order valence-corrected chi connectivity index (χ0v) is 20.1. The van der Waals surface area contributed by atoms with Gasteiger partial charge in [0, 0.05) is 17.1 Å². The van der Waals surface area contributed by atoms with Gasteiger partial charge < -0.3 is 23.9 Å². The predicted octanol–water partition coefficient (Wildman–Crippen LogP) is 4.87. The molecule has 0 bridgehead atoms. The van der Waals surface area contributed by atoms with E-state index in [1.165, 1.54) is 6.07 Å². The van der Waals surface area contributed by atoms with E-state index in [2.05, 4.69) is 5.32 Å². The highest BCUT2D eigenvalue weighted by molar-refractivity contribution is 6.31. The van der Waals surface area contributed by atoms with Crippen molar-refractivity contribution in [3.63, 3.8) is 0 Å². The summed E-state index contributed by atoms with van der Waals surface area (Å²) in [6, 6.07) is 19.5. The second-order valence-electron chi connectivity index (χ2n) is 7.67.